The lowest BCUT2D eigenvalue weighted by molar-refractivity contribution is 0.102. The van der Waals surface area contributed by atoms with Gasteiger partial charge < -0.3 is 5.32 Å². The van der Waals surface area contributed by atoms with E-state index in [1.807, 2.05) is 6.92 Å². The summed E-state index contributed by atoms with van der Waals surface area (Å²) in [5, 5.41) is 18.1. The third-order valence-electron chi connectivity index (χ3n) is 4.13. The van der Waals surface area contributed by atoms with Gasteiger partial charge in [0.2, 0.25) is 0 Å². The van der Waals surface area contributed by atoms with Gasteiger partial charge in [-0.25, -0.2) is 9.37 Å². The van der Waals surface area contributed by atoms with E-state index in [2.05, 4.69) is 10.3 Å². The summed E-state index contributed by atoms with van der Waals surface area (Å²) in [7, 11) is 0. The number of halogens is 1. The van der Waals surface area contributed by atoms with Crippen molar-refractivity contribution in [1.82, 2.24) is 9.55 Å². The van der Waals surface area contributed by atoms with Crippen LogP contribution in [0.2, 0.25) is 0 Å². The average molecular weight is 313 g/mol. The molecule has 2 aromatic rings. The second-order valence-electron chi connectivity index (χ2n) is 5.54. The molecule has 23 heavy (non-hydrogen) atoms. The van der Waals surface area contributed by atoms with E-state index in [0.717, 1.165) is 30.4 Å². The number of fused-ring (bicyclic) bond motifs is 1. The zero-order valence-electron chi connectivity index (χ0n) is 12.6. The number of hydrogen-bond acceptors (Lipinski definition) is 4. The Morgan fingerprint density at radius 3 is 3.04 bits per heavy atom. The molecule has 0 saturated heterocycles. The summed E-state index contributed by atoms with van der Waals surface area (Å²) in [6.45, 7) is 2.05. The Balaban J connectivity index is 2.05. The van der Waals surface area contributed by atoms with Crippen molar-refractivity contribution >= 4 is 18.1 Å². The van der Waals surface area contributed by atoms with Gasteiger partial charge in [-0.05, 0) is 42.5 Å². The maximum absolute atomic E-state index is 13.6. The summed E-state index contributed by atoms with van der Waals surface area (Å²) in [6, 6.07) is 4.30. The van der Waals surface area contributed by atoms with Crippen LogP contribution >= 0.6 is 0 Å². The molecule has 0 spiro atoms. The van der Waals surface area contributed by atoms with Gasteiger partial charge in [0.25, 0.3) is 5.91 Å². The number of hydrogen-bond donors (Lipinski definition) is 3. The minimum absolute atomic E-state index is 0.0818. The van der Waals surface area contributed by atoms with Crippen LogP contribution in [0.15, 0.2) is 24.4 Å². The molecule has 0 aliphatic heterocycles. The zero-order chi connectivity index (χ0) is 16.6. The van der Waals surface area contributed by atoms with Gasteiger partial charge in [-0.3, -0.25) is 20.2 Å². The Bertz CT molecular complexity index is 858. The van der Waals surface area contributed by atoms with Crippen LogP contribution in [0.25, 0.3) is 0 Å². The maximum atomic E-state index is 13.6. The van der Waals surface area contributed by atoms with Gasteiger partial charge in [0.1, 0.15) is 5.49 Å². The first kappa shape index (κ1) is 15.1. The molecular formula is C16H16FN5O. The quantitative estimate of drug-likeness (QED) is 0.599. The van der Waals surface area contributed by atoms with E-state index in [1.165, 1.54) is 22.9 Å². The second kappa shape index (κ2) is 5.75. The van der Waals surface area contributed by atoms with E-state index in [1.54, 1.807) is 6.07 Å². The normalized spacial score (nSPS) is 16.0. The Labute approximate surface area is 132 Å². The van der Waals surface area contributed by atoms with Crippen LogP contribution < -0.4 is 10.8 Å². The first-order valence-electron chi connectivity index (χ1n) is 7.28. The lowest BCUT2D eigenvalue weighted by atomic mass is 10.0. The number of aromatic nitrogens is 2. The van der Waals surface area contributed by atoms with Crippen LogP contribution in [-0.4, -0.2) is 21.8 Å². The zero-order valence-corrected chi connectivity index (χ0v) is 12.6. The highest BCUT2D eigenvalue weighted by Gasteiger charge is 2.25. The number of carbonyl (C=O) groups is 1. The monoisotopic (exact) mass is 313 g/mol. The summed E-state index contributed by atoms with van der Waals surface area (Å²) in [5.74, 6) is -1.16. The lowest BCUT2D eigenvalue weighted by Gasteiger charge is -2.13. The topological polar surface area (TPSA) is 94.6 Å². The summed E-state index contributed by atoms with van der Waals surface area (Å²) in [5.41, 5.74) is 1.86. The largest absolute Gasteiger partial charge is 0.304 e. The van der Waals surface area contributed by atoms with Crippen molar-refractivity contribution in [2.75, 3.05) is 5.32 Å². The molecular weight excluding hydrogens is 297 g/mol. The lowest BCUT2D eigenvalue weighted by Crippen LogP contribution is -2.31. The van der Waals surface area contributed by atoms with Gasteiger partial charge in [-0.2, -0.15) is 0 Å². The van der Waals surface area contributed by atoms with Crippen LogP contribution in [0.5, 0.6) is 0 Å². The van der Waals surface area contributed by atoms with Crippen LogP contribution in [0.4, 0.5) is 10.2 Å². The van der Waals surface area contributed by atoms with E-state index in [4.69, 9.17) is 10.8 Å². The van der Waals surface area contributed by atoms with Crippen molar-refractivity contribution in [1.29, 1.82) is 10.8 Å². The third kappa shape index (κ3) is 2.54. The maximum Gasteiger partial charge on any atom is 0.260 e. The van der Waals surface area contributed by atoms with Gasteiger partial charge >= 0.3 is 0 Å². The van der Waals surface area contributed by atoms with Crippen molar-refractivity contribution in [2.24, 2.45) is 0 Å². The Morgan fingerprint density at radius 1 is 1.57 bits per heavy atom. The highest BCUT2D eigenvalue weighted by Crippen LogP contribution is 2.31. The summed E-state index contributed by atoms with van der Waals surface area (Å²) in [4.78, 5) is 16.2. The predicted molar refractivity (Wildman–Crippen MR) is 83.4 cm³/mol. The fourth-order valence-electron chi connectivity index (χ4n) is 2.88. The smallest absolute Gasteiger partial charge is 0.260 e. The summed E-state index contributed by atoms with van der Waals surface area (Å²) >= 11 is 0. The molecule has 0 aromatic carbocycles. The SMILES string of the molecule is CC1CCc2c1cc(C(=O)Nc1ncccc1F)c(=N)n2C=N. The summed E-state index contributed by atoms with van der Waals surface area (Å²) < 4.78 is 15.0. The molecule has 1 amide bonds. The van der Waals surface area contributed by atoms with E-state index in [0.29, 0.717) is 0 Å². The highest BCUT2D eigenvalue weighted by molar-refractivity contribution is 6.03. The number of nitrogens with zero attached hydrogens (tertiary/aromatic N) is 2. The van der Waals surface area contributed by atoms with E-state index in [-0.39, 0.29) is 22.8 Å². The number of rotatable bonds is 3. The van der Waals surface area contributed by atoms with Crippen LogP contribution in [0.3, 0.4) is 0 Å². The Hall–Kier alpha value is -2.83. The first-order valence-corrected chi connectivity index (χ1v) is 7.28. The minimum Gasteiger partial charge on any atom is -0.304 e. The molecule has 7 heteroatoms. The van der Waals surface area contributed by atoms with Crippen LogP contribution in [0.1, 0.15) is 40.9 Å². The molecule has 0 saturated carbocycles. The fraction of sp³-hybridized carbons (Fsp3) is 0.250. The van der Waals surface area contributed by atoms with Gasteiger partial charge in [0, 0.05) is 11.9 Å². The number of nitrogens with one attached hydrogen (secondary N) is 3. The molecule has 2 heterocycles. The third-order valence-corrected chi connectivity index (χ3v) is 4.13. The van der Waals surface area contributed by atoms with Crippen molar-refractivity contribution in [3.05, 3.63) is 52.5 Å². The minimum atomic E-state index is -0.637. The molecule has 0 fully saturated rings. The standard InChI is InChI=1S/C16H16FN5O/c1-9-4-5-13-10(9)7-11(14(19)22(13)8-18)16(23)21-15-12(17)3-2-6-20-15/h2-3,6-9,18-19H,4-5H2,1H3,(H,20,21,23). The molecule has 1 atom stereocenters. The first-order chi connectivity index (χ1) is 11.0. The van der Waals surface area contributed by atoms with Crippen LogP contribution in [0, 0.1) is 16.6 Å². The van der Waals surface area contributed by atoms with Crippen molar-refractivity contribution in [3.8, 4) is 0 Å². The van der Waals surface area contributed by atoms with Gasteiger partial charge in [0.05, 0.1) is 11.9 Å². The van der Waals surface area contributed by atoms with Crippen molar-refractivity contribution < 1.29 is 9.18 Å². The molecule has 2 aromatic heterocycles. The predicted octanol–water partition coefficient (Wildman–Crippen LogP) is 2.26. The molecule has 3 rings (SSSR count). The molecule has 1 aliphatic carbocycles. The van der Waals surface area contributed by atoms with Gasteiger partial charge in [0.15, 0.2) is 11.6 Å². The second-order valence-corrected chi connectivity index (χ2v) is 5.54. The van der Waals surface area contributed by atoms with E-state index >= 15 is 0 Å². The number of anilines is 1. The van der Waals surface area contributed by atoms with Crippen LogP contribution in [-0.2, 0) is 6.42 Å². The average Bonchev–Trinajstić information content (AvgIpc) is 2.90. The van der Waals surface area contributed by atoms with Gasteiger partial charge in [-0.1, -0.05) is 6.92 Å². The van der Waals surface area contributed by atoms with Gasteiger partial charge in [-0.15, -0.1) is 0 Å². The molecule has 1 unspecified atom stereocenters. The van der Waals surface area contributed by atoms with E-state index in [9.17, 15) is 9.18 Å². The Kier molecular flexibility index (Phi) is 3.77. The van der Waals surface area contributed by atoms with Crippen molar-refractivity contribution in [2.45, 2.75) is 25.7 Å². The number of carbonyl (C=O) groups excluding carboxylic acids is 1. The molecule has 1 aliphatic rings. The number of pyridine rings is 2. The molecule has 6 nitrogen and oxygen atoms in total. The summed E-state index contributed by atoms with van der Waals surface area (Å²) in [6.07, 6.45) is 4.11. The molecule has 0 radical (unpaired) electrons. The molecule has 0 bridgehead atoms. The Morgan fingerprint density at radius 2 is 2.35 bits per heavy atom. The molecule has 118 valence electrons. The number of amides is 1. The fourth-order valence-corrected chi connectivity index (χ4v) is 2.88. The molecule has 3 N–H and O–H groups in total. The highest BCUT2D eigenvalue weighted by atomic mass is 19.1. The van der Waals surface area contributed by atoms with E-state index < -0.39 is 11.7 Å². The van der Waals surface area contributed by atoms with Crippen molar-refractivity contribution in [3.63, 3.8) is 0 Å².